The van der Waals surface area contributed by atoms with Gasteiger partial charge in [-0.2, -0.15) is 0 Å². The van der Waals surface area contributed by atoms with Crippen LogP contribution in [0.5, 0.6) is 5.75 Å². The van der Waals surface area contributed by atoms with Crippen LogP contribution >= 0.6 is 0 Å². The van der Waals surface area contributed by atoms with E-state index in [1.165, 1.54) is 12.1 Å². The Labute approximate surface area is 76.3 Å². The Balaban J connectivity index is 2.28. The van der Waals surface area contributed by atoms with Gasteiger partial charge in [0.25, 0.3) is 0 Å². The summed E-state index contributed by atoms with van der Waals surface area (Å²) in [6.45, 7) is 0.111. The van der Waals surface area contributed by atoms with E-state index >= 15 is 0 Å². The third kappa shape index (κ3) is 3.87. The van der Waals surface area contributed by atoms with Gasteiger partial charge in [-0.1, -0.05) is 6.07 Å². The average molecular weight is 186 g/mol. The topological polar surface area (TPSA) is 9.23 Å². The van der Waals surface area contributed by atoms with Gasteiger partial charge >= 0.3 is 0 Å². The first-order chi connectivity index (χ1) is 6.33. The lowest BCUT2D eigenvalue weighted by Gasteiger charge is -2.04. The van der Waals surface area contributed by atoms with E-state index in [2.05, 4.69) is 0 Å². The molecule has 0 aliphatic carbocycles. The van der Waals surface area contributed by atoms with Crippen LogP contribution in [0.3, 0.4) is 0 Å². The number of unbranched alkanes of at least 4 members (excludes halogenated alkanes) is 1. The number of alkyl halides is 1. The minimum Gasteiger partial charge on any atom is -0.493 e. The molecule has 0 atom stereocenters. The van der Waals surface area contributed by atoms with E-state index in [0.29, 0.717) is 25.2 Å². The summed E-state index contributed by atoms with van der Waals surface area (Å²) >= 11 is 0. The van der Waals surface area contributed by atoms with Crippen molar-refractivity contribution in [2.45, 2.75) is 12.8 Å². The van der Waals surface area contributed by atoms with Gasteiger partial charge in [0.15, 0.2) is 0 Å². The molecular weight excluding hydrogens is 174 g/mol. The van der Waals surface area contributed by atoms with Crippen molar-refractivity contribution in [2.75, 3.05) is 13.3 Å². The molecule has 0 spiro atoms. The summed E-state index contributed by atoms with van der Waals surface area (Å²) in [7, 11) is 0. The smallest absolute Gasteiger partial charge is 0.126 e. The van der Waals surface area contributed by atoms with Crippen LogP contribution in [0.4, 0.5) is 8.78 Å². The van der Waals surface area contributed by atoms with Crippen molar-refractivity contribution < 1.29 is 13.5 Å². The number of rotatable bonds is 5. The summed E-state index contributed by atoms with van der Waals surface area (Å²) in [4.78, 5) is 0. The lowest BCUT2D eigenvalue weighted by Crippen LogP contribution is -1.97. The summed E-state index contributed by atoms with van der Waals surface area (Å²) in [5.74, 6) is 0.182. The lowest BCUT2D eigenvalue weighted by molar-refractivity contribution is 0.296. The summed E-state index contributed by atoms with van der Waals surface area (Å²) < 4.78 is 29.5. The molecule has 0 aliphatic rings. The summed E-state index contributed by atoms with van der Waals surface area (Å²) in [6, 6.07) is 5.93. The molecule has 0 N–H and O–H groups in total. The molecule has 3 heteroatoms. The normalized spacial score (nSPS) is 10.0. The van der Waals surface area contributed by atoms with Crippen LogP contribution < -0.4 is 4.74 Å². The van der Waals surface area contributed by atoms with Gasteiger partial charge in [0, 0.05) is 6.07 Å². The minimum absolute atomic E-state index is 0.317. The summed E-state index contributed by atoms with van der Waals surface area (Å²) in [5.41, 5.74) is 0. The molecule has 0 saturated carbocycles. The predicted molar refractivity (Wildman–Crippen MR) is 47.1 cm³/mol. The Morgan fingerprint density at radius 1 is 1.23 bits per heavy atom. The highest BCUT2D eigenvalue weighted by Crippen LogP contribution is 2.12. The van der Waals surface area contributed by atoms with E-state index in [9.17, 15) is 8.78 Å². The van der Waals surface area contributed by atoms with Crippen LogP contribution in [-0.2, 0) is 0 Å². The third-order valence-electron chi connectivity index (χ3n) is 1.59. The zero-order chi connectivity index (χ0) is 9.52. The Hall–Kier alpha value is -1.12. The molecule has 13 heavy (non-hydrogen) atoms. The highest BCUT2D eigenvalue weighted by Gasteiger charge is 1.95. The molecule has 0 bridgehead atoms. The van der Waals surface area contributed by atoms with E-state index in [0.717, 1.165) is 0 Å². The molecule has 72 valence electrons. The summed E-state index contributed by atoms with van der Waals surface area (Å²) in [6.07, 6.45) is 1.16. The van der Waals surface area contributed by atoms with Crippen molar-refractivity contribution in [3.05, 3.63) is 30.1 Å². The lowest BCUT2D eigenvalue weighted by atomic mass is 10.3. The van der Waals surface area contributed by atoms with Gasteiger partial charge in [0.2, 0.25) is 0 Å². The first-order valence-corrected chi connectivity index (χ1v) is 4.27. The van der Waals surface area contributed by atoms with Gasteiger partial charge in [0.1, 0.15) is 11.6 Å². The maximum Gasteiger partial charge on any atom is 0.126 e. The first kappa shape index (κ1) is 9.96. The van der Waals surface area contributed by atoms with Crippen molar-refractivity contribution in [1.29, 1.82) is 0 Å². The molecule has 0 amide bonds. The van der Waals surface area contributed by atoms with E-state index in [1.807, 2.05) is 0 Å². The fourth-order valence-corrected chi connectivity index (χ4v) is 0.943. The van der Waals surface area contributed by atoms with Crippen molar-refractivity contribution >= 4 is 0 Å². The number of hydrogen-bond donors (Lipinski definition) is 0. The van der Waals surface area contributed by atoms with Crippen LogP contribution in [0.15, 0.2) is 24.3 Å². The van der Waals surface area contributed by atoms with Crippen molar-refractivity contribution in [1.82, 2.24) is 0 Å². The largest absolute Gasteiger partial charge is 0.493 e. The standard InChI is InChI=1S/C10H12F2O/c11-6-1-2-7-13-10-5-3-4-9(12)8-10/h3-5,8H,1-2,6-7H2. The molecule has 0 fully saturated rings. The fourth-order valence-electron chi connectivity index (χ4n) is 0.943. The van der Waals surface area contributed by atoms with Crippen LogP contribution in [0.2, 0.25) is 0 Å². The second-order valence-electron chi connectivity index (χ2n) is 2.70. The summed E-state index contributed by atoms with van der Waals surface area (Å²) in [5, 5.41) is 0. The van der Waals surface area contributed by atoms with Crippen molar-refractivity contribution in [3.8, 4) is 5.75 Å². The Kier molecular flexibility index (Phi) is 4.23. The second kappa shape index (κ2) is 5.51. The maximum atomic E-state index is 12.6. The molecule has 1 aromatic carbocycles. The van der Waals surface area contributed by atoms with Gasteiger partial charge < -0.3 is 4.74 Å². The van der Waals surface area contributed by atoms with E-state index in [4.69, 9.17) is 4.74 Å². The van der Waals surface area contributed by atoms with Gasteiger partial charge in [0.05, 0.1) is 13.3 Å². The highest BCUT2D eigenvalue weighted by atomic mass is 19.1. The highest BCUT2D eigenvalue weighted by molar-refractivity contribution is 5.22. The second-order valence-corrected chi connectivity index (χ2v) is 2.70. The third-order valence-corrected chi connectivity index (χ3v) is 1.59. The van der Waals surface area contributed by atoms with Crippen LogP contribution in [0.1, 0.15) is 12.8 Å². The minimum atomic E-state index is -0.327. The van der Waals surface area contributed by atoms with E-state index < -0.39 is 0 Å². The molecule has 0 aromatic heterocycles. The first-order valence-electron chi connectivity index (χ1n) is 4.27. The average Bonchev–Trinajstić information content (AvgIpc) is 2.13. The molecule has 1 aromatic rings. The zero-order valence-electron chi connectivity index (χ0n) is 7.30. The van der Waals surface area contributed by atoms with E-state index in [1.54, 1.807) is 12.1 Å². The van der Waals surface area contributed by atoms with Gasteiger partial charge in [-0.15, -0.1) is 0 Å². The quantitative estimate of drug-likeness (QED) is 0.642. The van der Waals surface area contributed by atoms with Crippen molar-refractivity contribution in [2.24, 2.45) is 0 Å². The van der Waals surface area contributed by atoms with Gasteiger partial charge in [-0.25, -0.2) is 4.39 Å². The van der Waals surface area contributed by atoms with Crippen LogP contribution in [-0.4, -0.2) is 13.3 Å². The fraction of sp³-hybridized carbons (Fsp3) is 0.400. The Bertz CT molecular complexity index is 250. The number of hydrogen-bond acceptors (Lipinski definition) is 1. The molecule has 0 unspecified atom stereocenters. The Morgan fingerprint density at radius 3 is 2.77 bits per heavy atom. The molecule has 1 nitrogen and oxygen atoms in total. The molecule has 0 aliphatic heterocycles. The number of ether oxygens (including phenoxy) is 1. The molecule has 0 radical (unpaired) electrons. The number of halogens is 2. The molecule has 0 saturated heterocycles. The molecule has 1 rings (SSSR count). The monoisotopic (exact) mass is 186 g/mol. The Morgan fingerprint density at radius 2 is 2.08 bits per heavy atom. The number of benzene rings is 1. The van der Waals surface area contributed by atoms with Gasteiger partial charge in [-0.3, -0.25) is 4.39 Å². The van der Waals surface area contributed by atoms with Crippen molar-refractivity contribution in [3.63, 3.8) is 0 Å². The zero-order valence-corrected chi connectivity index (χ0v) is 7.30. The van der Waals surface area contributed by atoms with E-state index in [-0.39, 0.29) is 12.5 Å². The van der Waals surface area contributed by atoms with Crippen LogP contribution in [0.25, 0.3) is 0 Å². The molecular formula is C10H12F2O. The SMILES string of the molecule is FCCCCOc1cccc(F)c1. The van der Waals surface area contributed by atoms with Crippen LogP contribution in [0, 0.1) is 5.82 Å². The maximum absolute atomic E-state index is 12.6. The predicted octanol–water partition coefficient (Wildman–Crippen LogP) is 2.95. The molecule has 0 heterocycles. The van der Waals surface area contributed by atoms with Gasteiger partial charge in [-0.05, 0) is 25.0 Å².